The molecule has 3 rings (SSSR count). The van der Waals surface area contributed by atoms with Gasteiger partial charge in [-0.25, -0.2) is 8.42 Å². The molecule has 9 heteroatoms. The number of carbonyl (C=O) groups excluding carboxylic acids is 2. The highest BCUT2D eigenvalue weighted by atomic mass is 32.2. The van der Waals surface area contributed by atoms with Gasteiger partial charge in [0.25, 0.3) is 0 Å². The van der Waals surface area contributed by atoms with Crippen LogP contribution in [0.4, 0.5) is 5.69 Å². The number of nitrogens with zero attached hydrogens (tertiary/aromatic N) is 2. The quantitative estimate of drug-likeness (QED) is 0.824. The van der Waals surface area contributed by atoms with Crippen LogP contribution in [-0.4, -0.2) is 49.8 Å². The summed E-state index contributed by atoms with van der Waals surface area (Å²) in [5.41, 5.74) is 5.21. The number of piperidine rings is 1. The maximum atomic E-state index is 13.0. The fourth-order valence-electron chi connectivity index (χ4n) is 3.56. The number of rotatable bonds is 3. The van der Waals surface area contributed by atoms with Crippen molar-refractivity contribution in [2.45, 2.75) is 44.1 Å². The van der Waals surface area contributed by atoms with E-state index >= 15 is 0 Å². The zero-order chi connectivity index (χ0) is 20.0. The highest BCUT2D eigenvalue weighted by Gasteiger charge is 2.36. The number of ether oxygens (including phenoxy) is 1. The first-order valence-corrected chi connectivity index (χ1v) is 10.4. The van der Waals surface area contributed by atoms with Crippen LogP contribution >= 0.6 is 0 Å². The molecule has 0 unspecified atom stereocenters. The first-order valence-electron chi connectivity index (χ1n) is 8.92. The molecule has 0 radical (unpaired) electrons. The second-order valence-electron chi connectivity index (χ2n) is 7.68. The molecule has 0 atom stereocenters. The summed E-state index contributed by atoms with van der Waals surface area (Å²) in [6.07, 6.45) is 0.826. The normalized spacial score (nSPS) is 20.6. The third-order valence-electron chi connectivity index (χ3n) is 5.02. The van der Waals surface area contributed by atoms with E-state index in [1.54, 1.807) is 6.07 Å². The zero-order valence-electron chi connectivity index (χ0n) is 15.8. The lowest BCUT2D eigenvalue weighted by molar-refractivity contribution is -0.122. The molecule has 2 amide bonds. The van der Waals surface area contributed by atoms with Crippen molar-refractivity contribution in [3.05, 3.63) is 18.2 Å². The minimum atomic E-state index is -3.73. The number of fused-ring (bicyclic) bond motifs is 1. The maximum Gasteiger partial charge on any atom is 0.243 e. The summed E-state index contributed by atoms with van der Waals surface area (Å²) in [7, 11) is -3.73. The van der Waals surface area contributed by atoms with Crippen molar-refractivity contribution in [2.75, 3.05) is 24.5 Å². The van der Waals surface area contributed by atoms with E-state index in [9.17, 15) is 18.0 Å². The predicted octanol–water partition coefficient (Wildman–Crippen LogP) is 1.10. The van der Waals surface area contributed by atoms with Gasteiger partial charge in [-0.1, -0.05) is 0 Å². The molecule has 27 heavy (non-hydrogen) atoms. The molecule has 0 saturated carbocycles. The number of nitrogens with two attached hydrogens (primary N) is 1. The van der Waals surface area contributed by atoms with Gasteiger partial charge in [-0.15, -0.1) is 0 Å². The predicted molar refractivity (Wildman–Crippen MR) is 99.9 cm³/mol. The van der Waals surface area contributed by atoms with E-state index in [2.05, 4.69) is 0 Å². The molecule has 1 fully saturated rings. The van der Waals surface area contributed by atoms with Crippen molar-refractivity contribution in [1.29, 1.82) is 0 Å². The van der Waals surface area contributed by atoms with Gasteiger partial charge in [0.05, 0.1) is 17.1 Å². The van der Waals surface area contributed by atoms with E-state index in [0.29, 0.717) is 30.8 Å². The first-order chi connectivity index (χ1) is 12.5. The van der Waals surface area contributed by atoms with Gasteiger partial charge in [-0.05, 0) is 44.9 Å². The summed E-state index contributed by atoms with van der Waals surface area (Å²) >= 11 is 0. The number of anilines is 1. The number of hydrogen-bond donors (Lipinski definition) is 1. The van der Waals surface area contributed by atoms with Crippen molar-refractivity contribution in [3.8, 4) is 5.75 Å². The van der Waals surface area contributed by atoms with Crippen LogP contribution in [-0.2, 0) is 19.6 Å². The summed E-state index contributed by atoms with van der Waals surface area (Å²) in [6.45, 7) is 6.02. The highest BCUT2D eigenvalue weighted by Crippen LogP contribution is 2.39. The van der Waals surface area contributed by atoms with Gasteiger partial charge in [-0.2, -0.15) is 4.31 Å². The van der Waals surface area contributed by atoms with Crippen LogP contribution in [0.25, 0.3) is 0 Å². The number of sulfonamides is 1. The average Bonchev–Trinajstić information content (AvgIpc) is 2.59. The van der Waals surface area contributed by atoms with Crippen molar-refractivity contribution in [2.24, 2.45) is 11.7 Å². The standard InChI is InChI=1S/C18H25N3O5S/c1-12(22)21-11-18(2,3)26-16-5-4-14(10-15(16)21)27(24,25)20-8-6-13(7-9-20)17(19)23/h4-5,10,13H,6-9,11H2,1-3H3,(H2,19,23). The summed E-state index contributed by atoms with van der Waals surface area (Å²) in [6, 6.07) is 4.57. The smallest absolute Gasteiger partial charge is 0.243 e. The van der Waals surface area contributed by atoms with Crippen LogP contribution in [0, 0.1) is 5.92 Å². The van der Waals surface area contributed by atoms with Crippen LogP contribution in [0.3, 0.4) is 0 Å². The van der Waals surface area contributed by atoms with Gasteiger partial charge in [0.15, 0.2) is 0 Å². The second-order valence-corrected chi connectivity index (χ2v) is 9.62. The molecular formula is C18H25N3O5S. The zero-order valence-corrected chi connectivity index (χ0v) is 16.6. The molecule has 2 aliphatic rings. The van der Waals surface area contributed by atoms with Crippen LogP contribution in [0.1, 0.15) is 33.6 Å². The van der Waals surface area contributed by atoms with Crippen LogP contribution in [0.15, 0.2) is 23.1 Å². The van der Waals surface area contributed by atoms with E-state index in [1.165, 1.54) is 28.3 Å². The first kappa shape index (κ1) is 19.6. The summed E-state index contributed by atoms with van der Waals surface area (Å²) < 4.78 is 33.3. The molecule has 0 bridgehead atoms. The van der Waals surface area contributed by atoms with E-state index in [1.807, 2.05) is 13.8 Å². The Balaban J connectivity index is 1.91. The van der Waals surface area contributed by atoms with Crippen LogP contribution in [0.2, 0.25) is 0 Å². The lowest BCUT2D eigenvalue weighted by Crippen LogP contribution is -2.48. The van der Waals surface area contributed by atoms with Crippen molar-refractivity contribution in [3.63, 3.8) is 0 Å². The van der Waals surface area contributed by atoms with Crippen LogP contribution < -0.4 is 15.4 Å². The average molecular weight is 395 g/mol. The van der Waals surface area contributed by atoms with Gasteiger partial charge in [0.2, 0.25) is 21.8 Å². The van der Waals surface area contributed by atoms with Crippen molar-refractivity contribution in [1.82, 2.24) is 4.31 Å². The van der Waals surface area contributed by atoms with Gasteiger partial charge in [0, 0.05) is 25.9 Å². The van der Waals surface area contributed by atoms with E-state index < -0.39 is 21.5 Å². The van der Waals surface area contributed by atoms with Gasteiger partial charge in [-0.3, -0.25) is 9.59 Å². The molecule has 1 aromatic rings. The Labute approximate surface area is 159 Å². The van der Waals surface area contributed by atoms with Gasteiger partial charge in [0.1, 0.15) is 11.4 Å². The van der Waals surface area contributed by atoms with E-state index in [4.69, 9.17) is 10.5 Å². The Bertz CT molecular complexity index is 873. The Kier molecular flexibility index (Phi) is 4.94. The van der Waals surface area contributed by atoms with Crippen molar-refractivity contribution >= 4 is 27.5 Å². The molecule has 0 aromatic heterocycles. The molecule has 0 aliphatic carbocycles. The molecule has 8 nitrogen and oxygen atoms in total. The number of amides is 2. The highest BCUT2D eigenvalue weighted by molar-refractivity contribution is 7.89. The third-order valence-corrected chi connectivity index (χ3v) is 6.92. The van der Waals surface area contributed by atoms with E-state index in [-0.39, 0.29) is 29.8 Å². The molecule has 148 valence electrons. The fourth-order valence-corrected chi connectivity index (χ4v) is 5.05. The number of carbonyl (C=O) groups is 2. The molecule has 2 N–H and O–H groups in total. The number of hydrogen-bond acceptors (Lipinski definition) is 5. The molecule has 1 saturated heterocycles. The largest absolute Gasteiger partial charge is 0.484 e. The lowest BCUT2D eigenvalue weighted by atomic mass is 9.98. The minimum absolute atomic E-state index is 0.105. The molecular weight excluding hydrogens is 370 g/mol. The fraction of sp³-hybridized carbons (Fsp3) is 0.556. The monoisotopic (exact) mass is 395 g/mol. The van der Waals surface area contributed by atoms with Gasteiger partial charge >= 0.3 is 0 Å². The maximum absolute atomic E-state index is 13.0. The molecule has 1 aromatic carbocycles. The van der Waals surface area contributed by atoms with E-state index in [0.717, 1.165) is 0 Å². The molecule has 2 aliphatic heterocycles. The summed E-state index contributed by atoms with van der Waals surface area (Å²) in [4.78, 5) is 25.0. The SMILES string of the molecule is CC(=O)N1CC(C)(C)Oc2ccc(S(=O)(=O)N3CCC(C(N)=O)CC3)cc21. The second kappa shape index (κ2) is 6.79. The molecule has 2 heterocycles. The van der Waals surface area contributed by atoms with Crippen molar-refractivity contribution < 1.29 is 22.7 Å². The third kappa shape index (κ3) is 3.79. The molecule has 0 spiro atoms. The van der Waals surface area contributed by atoms with Gasteiger partial charge < -0.3 is 15.4 Å². The minimum Gasteiger partial charge on any atom is -0.484 e. The Morgan fingerprint density at radius 1 is 1.22 bits per heavy atom. The number of primary amides is 1. The Hall–Kier alpha value is -2.13. The number of benzene rings is 1. The summed E-state index contributed by atoms with van der Waals surface area (Å²) in [5.74, 6) is -0.376. The Morgan fingerprint density at radius 3 is 2.41 bits per heavy atom. The lowest BCUT2D eigenvalue weighted by Gasteiger charge is -2.39. The topological polar surface area (TPSA) is 110 Å². The summed E-state index contributed by atoms with van der Waals surface area (Å²) in [5, 5.41) is 0. The van der Waals surface area contributed by atoms with Crippen LogP contribution in [0.5, 0.6) is 5.75 Å². The Morgan fingerprint density at radius 2 is 1.85 bits per heavy atom.